The first-order valence-electron chi connectivity index (χ1n) is 13.1. The maximum atomic E-state index is 13.5. The Morgan fingerprint density at radius 3 is 2.72 bits per heavy atom. The summed E-state index contributed by atoms with van der Waals surface area (Å²) in [6, 6.07) is 12.4. The van der Waals surface area contributed by atoms with E-state index in [-0.39, 0.29) is 24.0 Å². The third-order valence-corrected chi connectivity index (χ3v) is 6.90. The van der Waals surface area contributed by atoms with Gasteiger partial charge in [0.15, 0.2) is 11.5 Å². The van der Waals surface area contributed by atoms with Crippen molar-refractivity contribution >= 4 is 11.6 Å². The lowest BCUT2D eigenvalue weighted by atomic mass is 9.85. The molecular weight excluding hydrogens is 450 g/mol. The van der Waals surface area contributed by atoms with E-state index in [0.717, 1.165) is 65.4 Å². The second kappa shape index (κ2) is 11.2. The van der Waals surface area contributed by atoms with Crippen molar-refractivity contribution in [3.05, 3.63) is 71.3 Å². The van der Waals surface area contributed by atoms with Gasteiger partial charge in [-0.1, -0.05) is 71.2 Å². The van der Waals surface area contributed by atoms with Crippen LogP contribution in [-0.2, 0) is 16.8 Å². The molecule has 1 aliphatic rings. The molecule has 0 saturated carbocycles. The molecule has 3 aromatic rings. The van der Waals surface area contributed by atoms with Gasteiger partial charge in [0.2, 0.25) is 12.7 Å². The fourth-order valence-corrected chi connectivity index (χ4v) is 4.92. The first-order chi connectivity index (χ1) is 17.3. The average molecular weight is 490 g/mol. The molecule has 2 heterocycles. The topological polar surface area (TPSA) is 65.4 Å². The molecule has 1 amide bonds. The van der Waals surface area contributed by atoms with Gasteiger partial charge in [-0.25, -0.2) is 4.98 Å². The Kier molecular flexibility index (Phi) is 8.02. The SMILES string of the molecule is CCCCCC(CC(=O)Nc1cc(Cn2ccnc2C)ccc1C(C)(C)C)c1cccc2c1OCO2. The Hall–Kier alpha value is -3.28. The molecule has 4 rings (SSSR count). The van der Waals surface area contributed by atoms with Crippen molar-refractivity contribution in [3.63, 3.8) is 0 Å². The van der Waals surface area contributed by atoms with E-state index in [1.165, 1.54) is 0 Å². The highest BCUT2D eigenvalue weighted by atomic mass is 16.7. The second-order valence-electron chi connectivity index (χ2n) is 10.8. The summed E-state index contributed by atoms with van der Waals surface area (Å²) in [5, 5.41) is 3.27. The molecule has 1 atom stereocenters. The Morgan fingerprint density at radius 2 is 2.00 bits per heavy atom. The molecule has 6 heteroatoms. The van der Waals surface area contributed by atoms with Crippen molar-refractivity contribution in [2.75, 3.05) is 12.1 Å². The van der Waals surface area contributed by atoms with Crippen LogP contribution in [0.3, 0.4) is 0 Å². The highest BCUT2D eigenvalue weighted by molar-refractivity contribution is 5.92. The first-order valence-corrected chi connectivity index (χ1v) is 13.1. The number of fused-ring (bicyclic) bond motifs is 1. The van der Waals surface area contributed by atoms with Crippen molar-refractivity contribution in [1.82, 2.24) is 9.55 Å². The minimum absolute atomic E-state index is 0.0227. The van der Waals surface area contributed by atoms with Crippen LogP contribution in [0.15, 0.2) is 48.8 Å². The molecular formula is C30H39N3O3. The summed E-state index contributed by atoms with van der Waals surface area (Å²) in [4.78, 5) is 17.8. The lowest BCUT2D eigenvalue weighted by Crippen LogP contribution is -2.21. The number of nitrogens with one attached hydrogen (secondary N) is 1. The lowest BCUT2D eigenvalue weighted by Gasteiger charge is -2.25. The summed E-state index contributed by atoms with van der Waals surface area (Å²) in [5.74, 6) is 2.63. The van der Waals surface area contributed by atoms with E-state index in [2.05, 4.69) is 66.8 Å². The number of hydrogen-bond acceptors (Lipinski definition) is 4. The van der Waals surface area contributed by atoms with Crippen molar-refractivity contribution in [3.8, 4) is 11.5 Å². The Bertz CT molecular complexity index is 1190. The maximum absolute atomic E-state index is 13.5. The molecule has 6 nitrogen and oxygen atoms in total. The number of carbonyl (C=O) groups excluding carboxylic acids is 1. The van der Waals surface area contributed by atoms with Gasteiger partial charge in [0.05, 0.1) is 0 Å². The second-order valence-corrected chi connectivity index (χ2v) is 10.8. The molecule has 0 aliphatic carbocycles. The van der Waals surface area contributed by atoms with E-state index >= 15 is 0 Å². The van der Waals surface area contributed by atoms with Crippen molar-refractivity contribution in [2.24, 2.45) is 0 Å². The van der Waals surface area contributed by atoms with Crippen LogP contribution in [0.4, 0.5) is 5.69 Å². The quantitative estimate of drug-likeness (QED) is 0.313. The van der Waals surface area contributed by atoms with Gasteiger partial charge in [0.25, 0.3) is 0 Å². The highest BCUT2D eigenvalue weighted by Gasteiger charge is 2.26. The molecule has 1 unspecified atom stereocenters. The normalized spacial score (nSPS) is 13.6. The van der Waals surface area contributed by atoms with Crippen LogP contribution in [0.5, 0.6) is 11.5 Å². The van der Waals surface area contributed by atoms with Crippen LogP contribution in [0, 0.1) is 6.92 Å². The van der Waals surface area contributed by atoms with E-state index in [1.54, 1.807) is 0 Å². The molecule has 0 spiro atoms. The zero-order valence-electron chi connectivity index (χ0n) is 22.3. The summed E-state index contributed by atoms with van der Waals surface area (Å²) < 4.78 is 13.5. The molecule has 192 valence electrons. The summed E-state index contributed by atoms with van der Waals surface area (Å²) in [6.45, 7) is 11.7. The Labute approximate surface area is 215 Å². The first kappa shape index (κ1) is 25.8. The number of rotatable bonds is 10. The molecule has 2 aromatic carbocycles. The number of anilines is 1. The number of para-hydroxylation sites is 1. The number of unbranched alkanes of at least 4 members (excludes halogenated alkanes) is 2. The monoisotopic (exact) mass is 489 g/mol. The Balaban J connectivity index is 1.57. The molecule has 0 saturated heterocycles. The Morgan fingerprint density at radius 1 is 1.17 bits per heavy atom. The largest absolute Gasteiger partial charge is 0.454 e. The van der Waals surface area contributed by atoms with Crippen LogP contribution in [0.2, 0.25) is 0 Å². The van der Waals surface area contributed by atoms with Gasteiger partial charge >= 0.3 is 0 Å². The third kappa shape index (κ3) is 6.10. The zero-order valence-corrected chi connectivity index (χ0v) is 22.3. The van der Waals surface area contributed by atoms with Gasteiger partial charge in [-0.2, -0.15) is 0 Å². The van der Waals surface area contributed by atoms with Gasteiger partial charge in [-0.05, 0) is 47.9 Å². The van der Waals surface area contributed by atoms with Gasteiger partial charge < -0.3 is 19.4 Å². The van der Waals surface area contributed by atoms with E-state index in [0.29, 0.717) is 13.0 Å². The number of aryl methyl sites for hydroxylation is 1. The van der Waals surface area contributed by atoms with E-state index in [4.69, 9.17) is 9.47 Å². The van der Waals surface area contributed by atoms with E-state index < -0.39 is 0 Å². The van der Waals surface area contributed by atoms with Crippen molar-refractivity contribution in [2.45, 2.75) is 84.6 Å². The van der Waals surface area contributed by atoms with Crippen LogP contribution in [-0.4, -0.2) is 22.3 Å². The number of carbonyl (C=O) groups is 1. The summed E-state index contributed by atoms with van der Waals surface area (Å²) >= 11 is 0. The van der Waals surface area contributed by atoms with Gasteiger partial charge in [-0.3, -0.25) is 4.79 Å². The molecule has 1 aromatic heterocycles. The molecule has 36 heavy (non-hydrogen) atoms. The predicted octanol–water partition coefficient (Wildman–Crippen LogP) is 6.96. The van der Waals surface area contributed by atoms with Crippen LogP contribution >= 0.6 is 0 Å². The lowest BCUT2D eigenvalue weighted by molar-refractivity contribution is -0.116. The fourth-order valence-electron chi connectivity index (χ4n) is 4.92. The number of hydrogen-bond donors (Lipinski definition) is 1. The standard InChI is InChI=1S/C30H39N3O3/c1-6-7-8-10-23(24-11-9-12-27-29(24)36-20-35-27)18-28(34)32-26-17-22(13-14-25(26)30(3,4)5)19-33-16-15-31-21(33)2/h9,11-17,23H,6-8,10,18-20H2,1-5H3,(H,32,34). The van der Waals surface area contributed by atoms with Crippen molar-refractivity contribution < 1.29 is 14.3 Å². The molecule has 0 fully saturated rings. The minimum Gasteiger partial charge on any atom is -0.454 e. The third-order valence-electron chi connectivity index (χ3n) is 6.90. The number of nitrogens with zero attached hydrogens (tertiary/aromatic N) is 2. The number of ether oxygens (including phenoxy) is 2. The smallest absolute Gasteiger partial charge is 0.231 e. The van der Waals surface area contributed by atoms with Crippen LogP contribution in [0.25, 0.3) is 0 Å². The zero-order chi connectivity index (χ0) is 25.7. The molecule has 0 bridgehead atoms. The molecule has 0 radical (unpaired) electrons. The molecule has 1 N–H and O–H groups in total. The fraction of sp³-hybridized carbons (Fsp3) is 0.467. The van der Waals surface area contributed by atoms with Gasteiger partial charge in [-0.15, -0.1) is 0 Å². The molecule has 1 aliphatic heterocycles. The number of aromatic nitrogens is 2. The summed E-state index contributed by atoms with van der Waals surface area (Å²) in [5.41, 5.74) is 4.11. The average Bonchev–Trinajstić information content (AvgIpc) is 3.47. The number of amides is 1. The van der Waals surface area contributed by atoms with Crippen LogP contribution in [0.1, 0.15) is 88.2 Å². The van der Waals surface area contributed by atoms with Gasteiger partial charge in [0.1, 0.15) is 5.82 Å². The minimum atomic E-state index is -0.0992. The van der Waals surface area contributed by atoms with Gasteiger partial charge in [0, 0.05) is 36.6 Å². The van der Waals surface area contributed by atoms with Crippen molar-refractivity contribution in [1.29, 1.82) is 0 Å². The summed E-state index contributed by atoms with van der Waals surface area (Å²) in [6.07, 6.45) is 8.50. The number of imidazole rings is 1. The summed E-state index contributed by atoms with van der Waals surface area (Å²) in [7, 11) is 0. The highest BCUT2D eigenvalue weighted by Crippen LogP contribution is 2.42. The van der Waals surface area contributed by atoms with Crippen LogP contribution < -0.4 is 14.8 Å². The maximum Gasteiger partial charge on any atom is 0.231 e. The predicted molar refractivity (Wildman–Crippen MR) is 144 cm³/mol. The van der Waals surface area contributed by atoms with E-state index in [9.17, 15) is 4.79 Å². The van der Waals surface area contributed by atoms with E-state index in [1.807, 2.05) is 31.5 Å². The number of benzene rings is 2.